The summed E-state index contributed by atoms with van der Waals surface area (Å²) in [5, 5.41) is 3.54. The number of rotatable bonds is 4. The molecular formula is C13H20N2O. The smallest absolute Gasteiger partial charge is 0.141 e. The van der Waals surface area contributed by atoms with Crippen LogP contribution >= 0.6 is 0 Å². The molecule has 3 heteroatoms. The van der Waals surface area contributed by atoms with E-state index in [0.717, 1.165) is 30.2 Å². The number of nitrogens with one attached hydrogen (secondary N) is 1. The Labute approximate surface area is 97.0 Å². The van der Waals surface area contributed by atoms with E-state index in [1.807, 2.05) is 24.3 Å². The van der Waals surface area contributed by atoms with Gasteiger partial charge in [-0.25, -0.2) is 0 Å². The molecule has 3 N–H and O–H groups in total. The lowest BCUT2D eigenvalue weighted by Gasteiger charge is -2.47. The predicted octanol–water partition coefficient (Wildman–Crippen LogP) is 2.23. The van der Waals surface area contributed by atoms with Crippen molar-refractivity contribution in [3.05, 3.63) is 24.3 Å². The molecule has 0 heterocycles. The molecular weight excluding hydrogens is 200 g/mol. The molecule has 1 fully saturated rings. The average Bonchev–Trinajstić information content (AvgIpc) is 2.27. The highest BCUT2D eigenvalue weighted by molar-refractivity contribution is 5.58. The van der Waals surface area contributed by atoms with Gasteiger partial charge >= 0.3 is 0 Å². The van der Waals surface area contributed by atoms with Crippen LogP contribution in [-0.4, -0.2) is 19.2 Å². The van der Waals surface area contributed by atoms with Crippen molar-refractivity contribution in [3.63, 3.8) is 0 Å². The van der Waals surface area contributed by atoms with E-state index in [0.29, 0.717) is 6.54 Å². The van der Waals surface area contributed by atoms with Crippen LogP contribution in [0, 0.1) is 5.92 Å². The first-order chi connectivity index (χ1) is 7.69. The Morgan fingerprint density at radius 1 is 1.44 bits per heavy atom. The first-order valence-corrected chi connectivity index (χ1v) is 5.80. The van der Waals surface area contributed by atoms with Crippen molar-refractivity contribution >= 4 is 5.69 Å². The van der Waals surface area contributed by atoms with E-state index in [-0.39, 0.29) is 5.54 Å². The largest absolute Gasteiger partial charge is 0.495 e. The van der Waals surface area contributed by atoms with Gasteiger partial charge in [0.1, 0.15) is 5.75 Å². The Morgan fingerprint density at radius 3 is 2.69 bits per heavy atom. The van der Waals surface area contributed by atoms with Gasteiger partial charge < -0.3 is 15.8 Å². The van der Waals surface area contributed by atoms with Gasteiger partial charge in [0.15, 0.2) is 0 Å². The first kappa shape index (κ1) is 11.3. The molecule has 2 rings (SSSR count). The Kier molecular flexibility index (Phi) is 3.06. The van der Waals surface area contributed by atoms with E-state index in [1.54, 1.807) is 7.11 Å². The zero-order valence-electron chi connectivity index (χ0n) is 9.99. The van der Waals surface area contributed by atoms with Crippen molar-refractivity contribution in [2.24, 2.45) is 11.7 Å². The maximum Gasteiger partial charge on any atom is 0.141 e. The lowest BCUT2D eigenvalue weighted by molar-refractivity contribution is 0.193. The lowest BCUT2D eigenvalue weighted by Crippen LogP contribution is -2.54. The van der Waals surface area contributed by atoms with Gasteiger partial charge in [-0.1, -0.05) is 19.1 Å². The minimum absolute atomic E-state index is 0.0774. The fourth-order valence-corrected chi connectivity index (χ4v) is 2.63. The maximum atomic E-state index is 5.87. The minimum Gasteiger partial charge on any atom is -0.495 e. The fraction of sp³-hybridized carbons (Fsp3) is 0.538. The Balaban J connectivity index is 2.13. The van der Waals surface area contributed by atoms with Gasteiger partial charge in [-0.15, -0.1) is 0 Å². The van der Waals surface area contributed by atoms with Crippen LogP contribution in [0.25, 0.3) is 0 Å². The third-order valence-corrected chi connectivity index (χ3v) is 3.38. The summed E-state index contributed by atoms with van der Waals surface area (Å²) in [5.74, 6) is 1.65. The Hall–Kier alpha value is -1.22. The van der Waals surface area contributed by atoms with E-state index < -0.39 is 0 Å². The molecule has 1 aromatic rings. The number of hydrogen-bond acceptors (Lipinski definition) is 3. The van der Waals surface area contributed by atoms with Crippen LogP contribution in [-0.2, 0) is 0 Å². The van der Waals surface area contributed by atoms with Crippen molar-refractivity contribution < 1.29 is 4.74 Å². The van der Waals surface area contributed by atoms with Crippen LogP contribution in [0.2, 0.25) is 0 Å². The minimum atomic E-state index is 0.0774. The number of methoxy groups -OCH3 is 1. The second-order valence-corrected chi connectivity index (χ2v) is 4.82. The summed E-state index contributed by atoms with van der Waals surface area (Å²) < 4.78 is 5.33. The van der Waals surface area contributed by atoms with Gasteiger partial charge in [-0.2, -0.15) is 0 Å². The van der Waals surface area contributed by atoms with Crippen molar-refractivity contribution in [3.8, 4) is 5.75 Å². The monoisotopic (exact) mass is 220 g/mol. The second-order valence-electron chi connectivity index (χ2n) is 4.82. The molecule has 0 saturated heterocycles. The average molecular weight is 220 g/mol. The number of anilines is 1. The third kappa shape index (κ3) is 2.00. The van der Waals surface area contributed by atoms with Crippen LogP contribution < -0.4 is 15.8 Å². The first-order valence-electron chi connectivity index (χ1n) is 5.80. The highest BCUT2D eigenvalue weighted by Gasteiger charge is 2.41. The molecule has 0 radical (unpaired) electrons. The third-order valence-electron chi connectivity index (χ3n) is 3.38. The molecule has 16 heavy (non-hydrogen) atoms. The van der Waals surface area contributed by atoms with E-state index in [2.05, 4.69) is 12.2 Å². The molecule has 1 aliphatic carbocycles. The molecule has 0 aromatic heterocycles. The molecule has 0 amide bonds. The molecule has 0 aliphatic heterocycles. The maximum absolute atomic E-state index is 5.87. The van der Waals surface area contributed by atoms with Crippen molar-refractivity contribution in [1.82, 2.24) is 0 Å². The van der Waals surface area contributed by atoms with Crippen LogP contribution in [0.4, 0.5) is 5.69 Å². The molecule has 1 aromatic carbocycles. The molecule has 0 bridgehead atoms. The normalized spacial score (nSPS) is 28.3. The molecule has 0 atom stereocenters. The van der Waals surface area contributed by atoms with Gasteiger partial charge in [-0.05, 0) is 30.9 Å². The van der Waals surface area contributed by atoms with Gasteiger partial charge in [0.2, 0.25) is 0 Å². The number of nitrogens with two attached hydrogens (primary N) is 1. The van der Waals surface area contributed by atoms with Crippen LogP contribution in [0.15, 0.2) is 24.3 Å². The van der Waals surface area contributed by atoms with E-state index in [4.69, 9.17) is 10.5 Å². The molecule has 1 aliphatic rings. The van der Waals surface area contributed by atoms with Crippen molar-refractivity contribution in [2.45, 2.75) is 25.3 Å². The molecule has 0 unspecified atom stereocenters. The standard InChI is InChI=1S/C13H20N2O/c1-10-7-13(8-10,9-14)15-11-5-3-4-6-12(11)16-2/h3-6,10,15H,7-9,14H2,1-2H3. The SMILES string of the molecule is COc1ccccc1NC1(CN)CC(C)C1. The number of para-hydroxylation sites is 2. The topological polar surface area (TPSA) is 47.3 Å². The predicted molar refractivity (Wildman–Crippen MR) is 66.8 cm³/mol. The number of hydrogen-bond donors (Lipinski definition) is 2. The second kappa shape index (κ2) is 4.34. The van der Waals surface area contributed by atoms with Crippen molar-refractivity contribution in [2.75, 3.05) is 19.0 Å². The van der Waals surface area contributed by atoms with Crippen molar-refractivity contribution in [1.29, 1.82) is 0 Å². The van der Waals surface area contributed by atoms with Crippen LogP contribution in [0.3, 0.4) is 0 Å². The number of ether oxygens (including phenoxy) is 1. The molecule has 1 saturated carbocycles. The van der Waals surface area contributed by atoms with Gasteiger partial charge in [0.25, 0.3) is 0 Å². The molecule has 0 spiro atoms. The summed E-state index contributed by atoms with van der Waals surface area (Å²) in [6, 6.07) is 7.99. The molecule has 88 valence electrons. The molecule has 3 nitrogen and oxygen atoms in total. The van der Waals surface area contributed by atoms with Gasteiger partial charge in [0, 0.05) is 6.54 Å². The highest BCUT2D eigenvalue weighted by Crippen LogP contribution is 2.40. The summed E-state index contributed by atoms with van der Waals surface area (Å²) in [6.07, 6.45) is 2.28. The van der Waals surface area contributed by atoms with Gasteiger partial charge in [0.05, 0.1) is 18.3 Å². The van der Waals surface area contributed by atoms with Crippen LogP contribution in [0.5, 0.6) is 5.75 Å². The zero-order valence-corrected chi connectivity index (χ0v) is 9.99. The summed E-state index contributed by atoms with van der Waals surface area (Å²) in [4.78, 5) is 0. The van der Waals surface area contributed by atoms with E-state index in [1.165, 1.54) is 0 Å². The summed E-state index contributed by atoms with van der Waals surface area (Å²) in [7, 11) is 1.69. The Bertz CT molecular complexity index is 359. The number of benzene rings is 1. The Morgan fingerprint density at radius 2 is 2.12 bits per heavy atom. The highest BCUT2D eigenvalue weighted by atomic mass is 16.5. The van der Waals surface area contributed by atoms with Crippen LogP contribution in [0.1, 0.15) is 19.8 Å². The summed E-state index contributed by atoms with van der Waals surface area (Å²) >= 11 is 0. The summed E-state index contributed by atoms with van der Waals surface area (Å²) in [6.45, 7) is 2.94. The quantitative estimate of drug-likeness (QED) is 0.818. The van der Waals surface area contributed by atoms with Gasteiger partial charge in [-0.3, -0.25) is 0 Å². The van der Waals surface area contributed by atoms with E-state index >= 15 is 0 Å². The van der Waals surface area contributed by atoms with E-state index in [9.17, 15) is 0 Å². The summed E-state index contributed by atoms with van der Waals surface area (Å²) in [5.41, 5.74) is 6.99. The lowest BCUT2D eigenvalue weighted by atomic mass is 9.69. The zero-order chi connectivity index (χ0) is 11.6. The fourth-order valence-electron chi connectivity index (χ4n) is 2.63.